The average molecular weight is 388 g/mol. The Labute approximate surface area is 126 Å². The molecular weight excluding hydrogens is 381 g/mol. The van der Waals surface area contributed by atoms with Crippen LogP contribution in [0.5, 0.6) is 0 Å². The molecule has 3 rings (SSSR count). The number of nitrogens with one attached hydrogen (secondary N) is 1. The number of fused-ring (bicyclic) bond motifs is 1. The van der Waals surface area contributed by atoms with Crippen molar-refractivity contribution in [2.45, 2.75) is 0 Å². The minimum absolute atomic E-state index is 0.153. The summed E-state index contributed by atoms with van der Waals surface area (Å²) in [5, 5.41) is 0. The van der Waals surface area contributed by atoms with Crippen molar-refractivity contribution in [3.63, 3.8) is 0 Å². The number of imidazole rings is 1. The van der Waals surface area contributed by atoms with Gasteiger partial charge in [-0.05, 0) is 65.1 Å². The molecule has 0 saturated heterocycles. The van der Waals surface area contributed by atoms with Gasteiger partial charge in [-0.2, -0.15) is 0 Å². The number of hydrogen-bond donors (Lipinski definition) is 1. The lowest BCUT2D eigenvalue weighted by Gasteiger charge is -2.07. The maximum atomic E-state index is 13.9. The molecule has 6 heteroatoms. The highest BCUT2D eigenvalue weighted by Gasteiger charge is 2.15. The first-order valence-corrected chi connectivity index (χ1v) is 6.91. The fraction of sp³-hybridized carbons (Fsp3) is 0. The Morgan fingerprint density at radius 2 is 1.79 bits per heavy atom. The van der Waals surface area contributed by atoms with Crippen LogP contribution in [-0.2, 0) is 0 Å². The van der Waals surface area contributed by atoms with Gasteiger partial charge in [-0.1, -0.05) is 6.07 Å². The summed E-state index contributed by atoms with van der Waals surface area (Å²) in [5.74, 6) is -1.29. The van der Waals surface area contributed by atoms with Crippen LogP contribution in [0.2, 0.25) is 0 Å². The van der Waals surface area contributed by atoms with Crippen molar-refractivity contribution in [1.82, 2.24) is 9.55 Å². The van der Waals surface area contributed by atoms with E-state index in [1.165, 1.54) is 22.8 Å². The molecule has 0 aliphatic heterocycles. The molecule has 0 fully saturated rings. The minimum Gasteiger partial charge on any atom is -0.330 e. The summed E-state index contributed by atoms with van der Waals surface area (Å²) in [7, 11) is 0. The Hall–Kier alpha value is -1.28. The SMILES string of the molecule is Fc1cccc(F)c1-n1c(=S)[nH]c2cc(I)ccc21. The van der Waals surface area contributed by atoms with Gasteiger partial charge in [0.1, 0.15) is 17.3 Å². The number of hydrogen-bond acceptors (Lipinski definition) is 1. The molecule has 0 amide bonds. The van der Waals surface area contributed by atoms with Crippen molar-refractivity contribution in [3.8, 4) is 5.69 Å². The van der Waals surface area contributed by atoms with Crippen LogP contribution in [0, 0.1) is 20.0 Å². The van der Waals surface area contributed by atoms with Crippen molar-refractivity contribution in [1.29, 1.82) is 0 Å². The first-order valence-electron chi connectivity index (χ1n) is 5.42. The molecule has 0 spiro atoms. The summed E-state index contributed by atoms with van der Waals surface area (Å²) >= 11 is 7.33. The third kappa shape index (κ3) is 2.08. The van der Waals surface area contributed by atoms with Crippen LogP contribution < -0.4 is 0 Å². The molecule has 0 bridgehead atoms. The molecule has 0 aliphatic rings. The molecule has 0 radical (unpaired) electrons. The molecule has 0 unspecified atom stereocenters. The fourth-order valence-electron chi connectivity index (χ4n) is 2.01. The highest BCUT2D eigenvalue weighted by atomic mass is 127. The average Bonchev–Trinajstić information content (AvgIpc) is 2.65. The molecule has 1 N–H and O–H groups in total. The Kier molecular flexibility index (Phi) is 3.14. The third-order valence-electron chi connectivity index (χ3n) is 2.81. The third-order valence-corrected chi connectivity index (χ3v) is 3.76. The van der Waals surface area contributed by atoms with Crippen molar-refractivity contribution in [3.05, 3.63) is 56.4 Å². The normalized spacial score (nSPS) is 11.1. The predicted molar refractivity (Wildman–Crippen MR) is 81.1 cm³/mol. The zero-order valence-corrected chi connectivity index (χ0v) is 12.4. The molecule has 0 saturated carbocycles. The Bertz CT molecular complexity index is 818. The number of aromatic amines is 1. The lowest BCUT2D eigenvalue weighted by molar-refractivity contribution is 0.570. The predicted octanol–water partition coefficient (Wildman–Crippen LogP) is 4.57. The van der Waals surface area contributed by atoms with Gasteiger partial charge in [0, 0.05) is 3.57 Å². The van der Waals surface area contributed by atoms with Crippen molar-refractivity contribution in [2.24, 2.45) is 0 Å². The maximum Gasteiger partial charge on any atom is 0.182 e. The standard InChI is InChI=1S/C13H7F2IN2S/c14-8-2-1-3-9(15)12(8)18-11-5-4-7(16)6-10(11)17-13(18)19/h1-6H,(H,17,19). The summed E-state index contributed by atoms with van der Waals surface area (Å²) in [4.78, 5) is 2.96. The summed E-state index contributed by atoms with van der Waals surface area (Å²) in [6.45, 7) is 0. The summed E-state index contributed by atoms with van der Waals surface area (Å²) in [6.07, 6.45) is 0. The van der Waals surface area contributed by atoms with Gasteiger partial charge in [0.05, 0.1) is 11.0 Å². The van der Waals surface area contributed by atoms with E-state index in [2.05, 4.69) is 27.6 Å². The van der Waals surface area contributed by atoms with Gasteiger partial charge in [0.2, 0.25) is 0 Å². The van der Waals surface area contributed by atoms with Crippen LogP contribution in [0.15, 0.2) is 36.4 Å². The van der Waals surface area contributed by atoms with Crippen molar-refractivity contribution < 1.29 is 8.78 Å². The van der Waals surface area contributed by atoms with Gasteiger partial charge < -0.3 is 4.98 Å². The van der Waals surface area contributed by atoms with E-state index in [-0.39, 0.29) is 10.5 Å². The molecule has 2 aromatic carbocycles. The molecule has 19 heavy (non-hydrogen) atoms. The van der Waals surface area contributed by atoms with Gasteiger partial charge in [-0.25, -0.2) is 8.78 Å². The largest absolute Gasteiger partial charge is 0.330 e. The highest BCUT2D eigenvalue weighted by Crippen LogP contribution is 2.25. The van der Waals surface area contributed by atoms with E-state index in [4.69, 9.17) is 12.2 Å². The van der Waals surface area contributed by atoms with Crippen LogP contribution in [0.4, 0.5) is 8.78 Å². The number of rotatable bonds is 1. The van der Waals surface area contributed by atoms with E-state index >= 15 is 0 Å². The number of halogens is 3. The highest BCUT2D eigenvalue weighted by molar-refractivity contribution is 14.1. The summed E-state index contributed by atoms with van der Waals surface area (Å²) in [6, 6.07) is 9.28. The molecule has 1 aromatic heterocycles. The lowest BCUT2D eigenvalue weighted by atomic mass is 10.2. The first kappa shape index (κ1) is 12.7. The van der Waals surface area contributed by atoms with Gasteiger partial charge in [0.15, 0.2) is 4.77 Å². The smallest absolute Gasteiger partial charge is 0.182 e. The van der Waals surface area contributed by atoms with Gasteiger partial charge in [0.25, 0.3) is 0 Å². The minimum atomic E-state index is -0.643. The second-order valence-corrected chi connectivity index (χ2v) is 5.63. The number of para-hydroxylation sites is 1. The van der Waals surface area contributed by atoms with Gasteiger partial charge in [-0.3, -0.25) is 4.57 Å². The van der Waals surface area contributed by atoms with Gasteiger partial charge >= 0.3 is 0 Å². The Morgan fingerprint density at radius 3 is 2.47 bits per heavy atom. The fourth-order valence-corrected chi connectivity index (χ4v) is 2.80. The number of H-pyrrole nitrogens is 1. The first-order chi connectivity index (χ1) is 9.08. The lowest BCUT2D eigenvalue weighted by Crippen LogP contribution is -2.01. The quantitative estimate of drug-likeness (QED) is 0.479. The summed E-state index contributed by atoms with van der Waals surface area (Å²) < 4.78 is 30.4. The molecule has 2 nitrogen and oxygen atoms in total. The number of benzene rings is 2. The van der Waals surface area contributed by atoms with E-state index in [9.17, 15) is 8.78 Å². The van der Waals surface area contributed by atoms with Crippen molar-refractivity contribution >= 4 is 45.8 Å². The molecule has 0 aliphatic carbocycles. The Balaban J connectivity index is 2.43. The van der Waals surface area contributed by atoms with E-state index in [0.717, 1.165) is 9.09 Å². The van der Waals surface area contributed by atoms with Crippen molar-refractivity contribution in [2.75, 3.05) is 0 Å². The van der Waals surface area contributed by atoms with Crippen LogP contribution in [-0.4, -0.2) is 9.55 Å². The zero-order valence-electron chi connectivity index (χ0n) is 9.45. The monoisotopic (exact) mass is 388 g/mol. The van der Waals surface area contributed by atoms with E-state index in [1.54, 1.807) is 6.07 Å². The van der Waals surface area contributed by atoms with Crippen LogP contribution >= 0.6 is 34.8 Å². The molecule has 0 atom stereocenters. The maximum absolute atomic E-state index is 13.9. The van der Waals surface area contributed by atoms with E-state index < -0.39 is 11.6 Å². The van der Waals surface area contributed by atoms with Crippen LogP contribution in [0.3, 0.4) is 0 Å². The molecular formula is C13H7F2IN2S. The zero-order chi connectivity index (χ0) is 13.6. The van der Waals surface area contributed by atoms with E-state index in [0.29, 0.717) is 5.52 Å². The second-order valence-electron chi connectivity index (χ2n) is 4.00. The Morgan fingerprint density at radius 1 is 1.11 bits per heavy atom. The number of aromatic nitrogens is 2. The second kappa shape index (κ2) is 4.68. The molecule has 96 valence electrons. The topological polar surface area (TPSA) is 20.7 Å². The van der Waals surface area contributed by atoms with Crippen LogP contribution in [0.1, 0.15) is 0 Å². The van der Waals surface area contributed by atoms with E-state index in [1.807, 2.05) is 12.1 Å². The van der Waals surface area contributed by atoms with Gasteiger partial charge in [-0.15, -0.1) is 0 Å². The summed E-state index contributed by atoms with van der Waals surface area (Å²) in [5.41, 5.74) is 1.24. The van der Waals surface area contributed by atoms with Crippen LogP contribution in [0.25, 0.3) is 16.7 Å². The number of nitrogens with zero attached hydrogens (tertiary/aromatic N) is 1. The molecule has 3 aromatic rings. The molecule has 1 heterocycles.